The van der Waals surface area contributed by atoms with Crippen molar-refractivity contribution in [2.75, 3.05) is 6.61 Å². The fraction of sp³-hybridized carbons (Fsp3) is 0.227. The van der Waals surface area contributed by atoms with Gasteiger partial charge in [-0.25, -0.2) is 0 Å². The number of nitrogens with one attached hydrogen (secondary N) is 1. The number of hydrogen-bond acceptors (Lipinski definition) is 3. The van der Waals surface area contributed by atoms with E-state index in [1.165, 1.54) is 16.7 Å². The molecule has 0 spiro atoms. The molecule has 2 heterocycles. The first-order valence-electron chi connectivity index (χ1n) is 8.87. The molecule has 1 amide bonds. The Morgan fingerprint density at radius 1 is 1.15 bits per heavy atom. The van der Waals surface area contributed by atoms with Crippen molar-refractivity contribution in [2.24, 2.45) is 0 Å². The molecule has 4 heteroatoms. The van der Waals surface area contributed by atoms with Crippen molar-refractivity contribution in [2.45, 2.75) is 25.8 Å². The Labute approximate surface area is 157 Å². The smallest absolute Gasteiger partial charge is 0.251 e. The Kier molecular flexibility index (Phi) is 4.76. The molecule has 26 heavy (non-hydrogen) atoms. The summed E-state index contributed by atoms with van der Waals surface area (Å²) in [6.07, 6.45) is 1.78. The summed E-state index contributed by atoms with van der Waals surface area (Å²) in [4.78, 5) is 12.5. The van der Waals surface area contributed by atoms with Crippen LogP contribution in [0.3, 0.4) is 0 Å². The average Bonchev–Trinajstić information content (AvgIpc) is 3.33. The summed E-state index contributed by atoms with van der Waals surface area (Å²) in [7, 11) is 0. The van der Waals surface area contributed by atoms with Gasteiger partial charge in [-0.3, -0.25) is 4.79 Å². The summed E-state index contributed by atoms with van der Waals surface area (Å²) in [6, 6.07) is 16.3. The summed E-state index contributed by atoms with van der Waals surface area (Å²) in [5.41, 5.74) is 5.52. The van der Waals surface area contributed by atoms with E-state index in [0.717, 1.165) is 30.8 Å². The van der Waals surface area contributed by atoms with Gasteiger partial charge in [0.15, 0.2) is 0 Å². The largest absolute Gasteiger partial charge is 0.493 e. The minimum absolute atomic E-state index is 0.0288. The van der Waals surface area contributed by atoms with Crippen LogP contribution in [0.2, 0.25) is 0 Å². The molecule has 132 valence electrons. The zero-order chi connectivity index (χ0) is 17.9. The van der Waals surface area contributed by atoms with Crippen molar-refractivity contribution in [3.8, 4) is 16.9 Å². The molecule has 0 fully saturated rings. The van der Waals surface area contributed by atoms with Crippen LogP contribution in [0.25, 0.3) is 11.1 Å². The molecule has 1 N–H and O–H groups in total. The third-order valence-electron chi connectivity index (χ3n) is 4.67. The topological polar surface area (TPSA) is 38.3 Å². The molecular weight excluding hydrogens is 342 g/mol. The minimum atomic E-state index is -0.0288. The third kappa shape index (κ3) is 3.65. The first-order valence-corrected chi connectivity index (χ1v) is 9.81. The summed E-state index contributed by atoms with van der Waals surface area (Å²) < 4.78 is 5.55. The molecule has 1 aliphatic rings. The van der Waals surface area contributed by atoms with Crippen LogP contribution in [0.5, 0.6) is 5.75 Å². The molecule has 3 aromatic rings. The second-order valence-electron chi connectivity index (χ2n) is 6.71. The normalized spacial score (nSPS) is 13.7. The third-order valence-corrected chi connectivity index (χ3v) is 5.36. The molecule has 0 saturated heterocycles. The van der Waals surface area contributed by atoms with Crippen LogP contribution in [0.15, 0.2) is 59.3 Å². The van der Waals surface area contributed by atoms with Gasteiger partial charge in [-0.1, -0.05) is 24.3 Å². The van der Waals surface area contributed by atoms with Crippen LogP contribution < -0.4 is 10.1 Å². The van der Waals surface area contributed by atoms with Crippen LogP contribution >= 0.6 is 11.3 Å². The maximum Gasteiger partial charge on any atom is 0.251 e. The standard InChI is InChI=1S/C22H21NO2S/c1-15(12-16-2-7-21-19(13-16)8-10-25-21)23-22(24)18-5-3-17(4-6-18)20-9-11-26-14-20/h2-7,9,11,13-15H,8,10,12H2,1H3,(H,23,24)/t15-/m1/s1. The quantitative estimate of drug-likeness (QED) is 0.713. The molecule has 0 bridgehead atoms. The van der Waals surface area contributed by atoms with Crippen LogP contribution in [-0.2, 0) is 12.8 Å². The fourth-order valence-electron chi connectivity index (χ4n) is 3.32. The lowest BCUT2D eigenvalue weighted by molar-refractivity contribution is 0.0940. The van der Waals surface area contributed by atoms with Crippen LogP contribution in [0.4, 0.5) is 0 Å². The number of fused-ring (bicyclic) bond motifs is 1. The second kappa shape index (κ2) is 7.34. The molecule has 0 unspecified atom stereocenters. The van der Waals surface area contributed by atoms with Gasteiger partial charge in [0.1, 0.15) is 5.75 Å². The number of thiophene rings is 1. The van der Waals surface area contributed by atoms with E-state index in [-0.39, 0.29) is 11.9 Å². The molecule has 1 atom stereocenters. The highest BCUT2D eigenvalue weighted by molar-refractivity contribution is 7.08. The predicted molar refractivity (Wildman–Crippen MR) is 106 cm³/mol. The van der Waals surface area contributed by atoms with Crippen LogP contribution in [0.1, 0.15) is 28.4 Å². The van der Waals surface area contributed by atoms with Gasteiger partial charge < -0.3 is 10.1 Å². The van der Waals surface area contributed by atoms with Gasteiger partial charge in [0.05, 0.1) is 6.61 Å². The minimum Gasteiger partial charge on any atom is -0.493 e. The summed E-state index contributed by atoms with van der Waals surface area (Å²) in [6.45, 7) is 2.81. The number of benzene rings is 2. The Hall–Kier alpha value is -2.59. The predicted octanol–water partition coefficient (Wildman–Crippen LogP) is 4.71. The van der Waals surface area contributed by atoms with Gasteiger partial charge in [-0.15, -0.1) is 0 Å². The number of ether oxygens (including phenoxy) is 1. The number of rotatable bonds is 5. The van der Waals surface area contributed by atoms with Crippen molar-refractivity contribution in [1.82, 2.24) is 5.32 Å². The Bertz CT molecular complexity index is 900. The highest BCUT2D eigenvalue weighted by atomic mass is 32.1. The lowest BCUT2D eigenvalue weighted by atomic mass is 10.0. The SMILES string of the molecule is C[C@H](Cc1ccc2c(c1)CCO2)NC(=O)c1ccc(-c2ccsc2)cc1. The van der Waals surface area contributed by atoms with E-state index in [4.69, 9.17) is 4.74 Å². The molecule has 1 aromatic heterocycles. The Morgan fingerprint density at radius 3 is 2.77 bits per heavy atom. The van der Waals surface area contributed by atoms with E-state index in [0.29, 0.717) is 5.56 Å². The molecule has 1 aliphatic heterocycles. The zero-order valence-electron chi connectivity index (χ0n) is 14.7. The number of carbonyl (C=O) groups excluding carboxylic acids is 1. The molecular formula is C22H21NO2S. The van der Waals surface area contributed by atoms with Crippen molar-refractivity contribution < 1.29 is 9.53 Å². The summed E-state index contributed by atoms with van der Waals surface area (Å²) in [5, 5.41) is 7.27. The van der Waals surface area contributed by atoms with Gasteiger partial charge in [-0.2, -0.15) is 11.3 Å². The van der Waals surface area contributed by atoms with Crippen LogP contribution in [-0.4, -0.2) is 18.6 Å². The maximum atomic E-state index is 12.5. The monoisotopic (exact) mass is 363 g/mol. The molecule has 2 aromatic carbocycles. The van der Waals surface area contributed by atoms with E-state index in [1.807, 2.05) is 37.3 Å². The Balaban J connectivity index is 1.38. The Morgan fingerprint density at radius 2 is 2.00 bits per heavy atom. The summed E-state index contributed by atoms with van der Waals surface area (Å²) in [5.74, 6) is 0.968. The van der Waals surface area contributed by atoms with Gasteiger partial charge >= 0.3 is 0 Å². The molecule has 4 rings (SSSR count). The first-order chi connectivity index (χ1) is 12.7. The number of carbonyl (C=O) groups is 1. The highest BCUT2D eigenvalue weighted by Gasteiger charge is 2.14. The van der Waals surface area contributed by atoms with Crippen molar-refractivity contribution >= 4 is 17.2 Å². The second-order valence-corrected chi connectivity index (χ2v) is 7.49. The van der Waals surface area contributed by atoms with Crippen molar-refractivity contribution in [1.29, 1.82) is 0 Å². The average molecular weight is 363 g/mol. The molecule has 0 aliphatic carbocycles. The van der Waals surface area contributed by atoms with Gasteiger partial charge in [0.2, 0.25) is 0 Å². The van der Waals surface area contributed by atoms with E-state index >= 15 is 0 Å². The lowest BCUT2D eigenvalue weighted by Gasteiger charge is -2.15. The fourth-order valence-corrected chi connectivity index (χ4v) is 3.99. The van der Waals surface area contributed by atoms with Crippen molar-refractivity contribution in [3.63, 3.8) is 0 Å². The number of amides is 1. The number of hydrogen-bond donors (Lipinski definition) is 1. The maximum absolute atomic E-state index is 12.5. The van der Waals surface area contributed by atoms with Gasteiger partial charge in [0, 0.05) is 18.0 Å². The van der Waals surface area contributed by atoms with E-state index < -0.39 is 0 Å². The molecule has 3 nitrogen and oxygen atoms in total. The van der Waals surface area contributed by atoms with Gasteiger partial charge in [0.25, 0.3) is 5.91 Å². The highest BCUT2D eigenvalue weighted by Crippen LogP contribution is 2.26. The first kappa shape index (κ1) is 16.9. The van der Waals surface area contributed by atoms with Gasteiger partial charge in [-0.05, 0) is 70.6 Å². The van der Waals surface area contributed by atoms with E-state index in [1.54, 1.807) is 11.3 Å². The van der Waals surface area contributed by atoms with Crippen LogP contribution in [0, 0.1) is 0 Å². The molecule has 0 saturated carbocycles. The van der Waals surface area contributed by atoms with Crippen molar-refractivity contribution in [3.05, 3.63) is 76.0 Å². The zero-order valence-corrected chi connectivity index (χ0v) is 15.5. The van der Waals surface area contributed by atoms with E-state index in [2.05, 4.69) is 34.3 Å². The molecule has 0 radical (unpaired) electrons. The lowest BCUT2D eigenvalue weighted by Crippen LogP contribution is -2.34. The summed E-state index contributed by atoms with van der Waals surface area (Å²) >= 11 is 1.67. The van der Waals surface area contributed by atoms with E-state index in [9.17, 15) is 4.79 Å².